The van der Waals surface area contributed by atoms with Gasteiger partial charge in [0.1, 0.15) is 0 Å². The molecule has 1 saturated heterocycles. The molecular formula is C11H15Cl2N3O2. The highest BCUT2D eigenvalue weighted by atomic mass is 35.5. The maximum Gasteiger partial charge on any atom is 0.253 e. The fraction of sp³-hybridized carbons (Fsp3) is 0.455. The molecule has 0 spiro atoms. The third-order valence-corrected chi connectivity index (χ3v) is 3.10. The Balaban J connectivity index is 0.00000162. The first-order valence-electron chi connectivity index (χ1n) is 5.36. The number of hydrogen-bond donors (Lipinski definition) is 2. The van der Waals surface area contributed by atoms with Gasteiger partial charge in [0, 0.05) is 32.6 Å². The molecule has 0 radical (unpaired) electrons. The normalized spacial score (nSPS) is 22.3. The predicted octanol–water partition coefficient (Wildman–Crippen LogP) is 0.873. The summed E-state index contributed by atoms with van der Waals surface area (Å²) in [6, 6.07) is 1.57. The van der Waals surface area contributed by atoms with Crippen molar-refractivity contribution >= 4 is 29.9 Å². The molecule has 18 heavy (non-hydrogen) atoms. The summed E-state index contributed by atoms with van der Waals surface area (Å²) in [6.07, 6.45) is 3.00. The van der Waals surface area contributed by atoms with E-state index in [-0.39, 0.29) is 30.5 Å². The van der Waals surface area contributed by atoms with E-state index in [0.29, 0.717) is 17.1 Å². The number of nitrogens with one attached hydrogen (secondary N) is 2. The molecular weight excluding hydrogens is 277 g/mol. The first kappa shape index (κ1) is 15.2. The summed E-state index contributed by atoms with van der Waals surface area (Å²) in [7, 11) is 1.64. The van der Waals surface area contributed by atoms with Crippen LogP contribution in [0.25, 0.3) is 0 Å². The summed E-state index contributed by atoms with van der Waals surface area (Å²) in [5, 5.41) is 6.41. The lowest BCUT2D eigenvalue weighted by molar-refractivity contribution is 0.0780. The van der Waals surface area contributed by atoms with Crippen molar-refractivity contribution in [2.75, 3.05) is 20.2 Å². The molecule has 0 aromatic carbocycles. The van der Waals surface area contributed by atoms with E-state index in [2.05, 4.69) is 15.6 Å². The molecule has 0 aliphatic carbocycles. The van der Waals surface area contributed by atoms with E-state index >= 15 is 0 Å². The van der Waals surface area contributed by atoms with Crippen LogP contribution in [0, 0.1) is 0 Å². The van der Waals surface area contributed by atoms with Gasteiger partial charge >= 0.3 is 0 Å². The molecule has 0 saturated carbocycles. The second-order valence-corrected chi connectivity index (χ2v) is 4.28. The van der Waals surface area contributed by atoms with Crippen molar-refractivity contribution in [2.24, 2.45) is 0 Å². The van der Waals surface area contributed by atoms with Gasteiger partial charge in [-0.3, -0.25) is 9.78 Å². The molecule has 1 fully saturated rings. The van der Waals surface area contributed by atoms with Crippen LogP contribution in [0.5, 0.6) is 0 Å². The molecule has 5 nitrogen and oxygen atoms in total. The molecule has 0 unspecified atom stereocenters. The second-order valence-electron chi connectivity index (χ2n) is 3.87. The first-order chi connectivity index (χ1) is 8.22. The number of aromatic nitrogens is 1. The van der Waals surface area contributed by atoms with Gasteiger partial charge in [-0.15, -0.1) is 12.4 Å². The summed E-state index contributed by atoms with van der Waals surface area (Å²) in [5.74, 6) is -0.201. The van der Waals surface area contributed by atoms with Crippen LogP contribution in [0.1, 0.15) is 10.4 Å². The van der Waals surface area contributed by atoms with E-state index < -0.39 is 0 Å². The Hall–Kier alpha value is -0.880. The van der Waals surface area contributed by atoms with Crippen molar-refractivity contribution in [2.45, 2.75) is 12.1 Å². The van der Waals surface area contributed by atoms with Crippen molar-refractivity contribution in [3.05, 3.63) is 29.0 Å². The lowest BCUT2D eigenvalue weighted by Gasteiger charge is -2.18. The SMILES string of the molecule is CO[C@H]1CNC[C@@H]1NC(=O)c1ccncc1Cl.Cl. The lowest BCUT2D eigenvalue weighted by Crippen LogP contribution is -2.43. The van der Waals surface area contributed by atoms with Crippen LogP contribution >= 0.6 is 24.0 Å². The van der Waals surface area contributed by atoms with Gasteiger partial charge in [0.15, 0.2) is 0 Å². The molecule has 1 aliphatic rings. The average molecular weight is 292 g/mol. The summed E-state index contributed by atoms with van der Waals surface area (Å²) >= 11 is 5.90. The van der Waals surface area contributed by atoms with Crippen molar-refractivity contribution in [3.63, 3.8) is 0 Å². The third kappa shape index (κ3) is 3.32. The highest BCUT2D eigenvalue weighted by Crippen LogP contribution is 2.14. The molecule has 1 aliphatic heterocycles. The number of hydrogen-bond acceptors (Lipinski definition) is 4. The van der Waals surface area contributed by atoms with E-state index in [4.69, 9.17) is 16.3 Å². The molecule has 2 heterocycles. The van der Waals surface area contributed by atoms with Gasteiger partial charge in [0.05, 0.1) is 22.7 Å². The van der Waals surface area contributed by atoms with Gasteiger partial charge in [0.25, 0.3) is 5.91 Å². The maximum absolute atomic E-state index is 12.0. The molecule has 100 valence electrons. The largest absolute Gasteiger partial charge is 0.378 e. The topological polar surface area (TPSA) is 63.2 Å². The number of nitrogens with zero attached hydrogens (tertiary/aromatic N) is 1. The van der Waals surface area contributed by atoms with E-state index in [9.17, 15) is 4.79 Å². The van der Waals surface area contributed by atoms with E-state index in [1.807, 2.05) is 0 Å². The van der Waals surface area contributed by atoms with E-state index in [0.717, 1.165) is 6.54 Å². The standard InChI is InChI=1S/C11H14ClN3O2.ClH/c1-17-10-6-14-5-9(10)15-11(16)7-2-3-13-4-8(7)12;/h2-4,9-10,14H,5-6H2,1H3,(H,15,16);1H/t9-,10-;/m0./s1. The summed E-state index contributed by atoms with van der Waals surface area (Å²) in [5.41, 5.74) is 0.434. The summed E-state index contributed by atoms with van der Waals surface area (Å²) in [6.45, 7) is 1.44. The number of rotatable bonds is 3. The van der Waals surface area contributed by atoms with Crippen molar-refractivity contribution < 1.29 is 9.53 Å². The minimum absolute atomic E-state index is 0. The number of ether oxygens (including phenoxy) is 1. The van der Waals surface area contributed by atoms with Crippen LogP contribution < -0.4 is 10.6 Å². The number of methoxy groups -OCH3 is 1. The number of amides is 1. The van der Waals surface area contributed by atoms with E-state index in [1.54, 1.807) is 19.4 Å². The lowest BCUT2D eigenvalue weighted by atomic mass is 10.2. The molecule has 1 aromatic rings. The van der Waals surface area contributed by atoms with Gasteiger partial charge in [-0.25, -0.2) is 0 Å². The zero-order chi connectivity index (χ0) is 12.3. The Kier molecular flexibility index (Phi) is 5.81. The highest BCUT2D eigenvalue weighted by Gasteiger charge is 2.28. The Bertz CT molecular complexity index is 417. The van der Waals surface area contributed by atoms with Gasteiger partial charge in [-0.1, -0.05) is 11.6 Å². The number of halogens is 2. The Labute approximate surface area is 117 Å². The molecule has 1 aromatic heterocycles. The fourth-order valence-corrected chi connectivity index (χ4v) is 2.06. The molecule has 1 amide bonds. The minimum Gasteiger partial charge on any atom is -0.378 e. The maximum atomic E-state index is 12.0. The third-order valence-electron chi connectivity index (χ3n) is 2.79. The smallest absolute Gasteiger partial charge is 0.253 e. The van der Waals surface area contributed by atoms with Crippen molar-refractivity contribution in [1.29, 1.82) is 0 Å². The average Bonchev–Trinajstić information content (AvgIpc) is 2.76. The number of carbonyl (C=O) groups excluding carboxylic acids is 1. The summed E-state index contributed by atoms with van der Waals surface area (Å²) < 4.78 is 5.27. The second kappa shape index (κ2) is 6.89. The molecule has 7 heteroatoms. The Morgan fingerprint density at radius 3 is 3.06 bits per heavy atom. The zero-order valence-corrected chi connectivity index (χ0v) is 11.4. The molecule has 2 atom stereocenters. The first-order valence-corrected chi connectivity index (χ1v) is 5.74. The van der Waals surface area contributed by atoms with Crippen LogP contribution in [0.2, 0.25) is 5.02 Å². The Morgan fingerprint density at radius 2 is 2.39 bits per heavy atom. The van der Waals surface area contributed by atoms with Gasteiger partial charge in [-0.05, 0) is 6.07 Å². The van der Waals surface area contributed by atoms with Gasteiger partial charge in [-0.2, -0.15) is 0 Å². The van der Waals surface area contributed by atoms with Crippen LogP contribution in [0.15, 0.2) is 18.5 Å². The molecule has 0 bridgehead atoms. The van der Waals surface area contributed by atoms with Crippen LogP contribution in [0.3, 0.4) is 0 Å². The number of pyridine rings is 1. The quantitative estimate of drug-likeness (QED) is 0.868. The van der Waals surface area contributed by atoms with Crippen LogP contribution in [-0.4, -0.2) is 43.2 Å². The van der Waals surface area contributed by atoms with Crippen molar-refractivity contribution in [1.82, 2.24) is 15.6 Å². The van der Waals surface area contributed by atoms with Crippen molar-refractivity contribution in [3.8, 4) is 0 Å². The fourth-order valence-electron chi connectivity index (χ4n) is 1.85. The van der Waals surface area contributed by atoms with Crippen LogP contribution in [-0.2, 0) is 4.74 Å². The summed E-state index contributed by atoms with van der Waals surface area (Å²) in [4.78, 5) is 15.8. The van der Waals surface area contributed by atoms with Crippen LogP contribution in [0.4, 0.5) is 0 Å². The highest BCUT2D eigenvalue weighted by molar-refractivity contribution is 6.33. The number of carbonyl (C=O) groups is 1. The predicted molar refractivity (Wildman–Crippen MR) is 71.4 cm³/mol. The minimum atomic E-state index is -0.201. The molecule has 2 rings (SSSR count). The van der Waals surface area contributed by atoms with E-state index in [1.165, 1.54) is 6.20 Å². The van der Waals surface area contributed by atoms with Gasteiger partial charge < -0.3 is 15.4 Å². The van der Waals surface area contributed by atoms with Gasteiger partial charge in [0.2, 0.25) is 0 Å². The Morgan fingerprint density at radius 1 is 1.61 bits per heavy atom. The zero-order valence-electron chi connectivity index (χ0n) is 9.85. The monoisotopic (exact) mass is 291 g/mol. The molecule has 2 N–H and O–H groups in total.